The fourth-order valence-corrected chi connectivity index (χ4v) is 3.48. The maximum atomic E-state index is 11.2. The Kier molecular flexibility index (Phi) is 5.14. The Morgan fingerprint density at radius 2 is 2.04 bits per heavy atom. The van der Waals surface area contributed by atoms with Crippen LogP contribution in [-0.2, 0) is 16.1 Å². The van der Waals surface area contributed by atoms with Gasteiger partial charge in [0.05, 0.1) is 23.9 Å². The van der Waals surface area contributed by atoms with Gasteiger partial charge in [0.15, 0.2) is 0 Å². The molecular weight excluding hydrogens is 338 g/mol. The third-order valence-electron chi connectivity index (χ3n) is 4.77. The van der Waals surface area contributed by atoms with E-state index in [1.165, 1.54) is 12.5 Å². The molecule has 1 fully saturated rings. The molecule has 1 aromatic heterocycles. The lowest BCUT2D eigenvalue weighted by atomic mass is 10.1. The third kappa shape index (κ3) is 4.32. The van der Waals surface area contributed by atoms with Crippen LogP contribution in [0.4, 0.5) is 5.69 Å². The van der Waals surface area contributed by atoms with Crippen LogP contribution in [0.1, 0.15) is 24.3 Å². The minimum absolute atomic E-state index is 0.0702. The molecule has 0 bridgehead atoms. The molecule has 5 heteroatoms. The van der Waals surface area contributed by atoms with Gasteiger partial charge in [0, 0.05) is 37.6 Å². The highest BCUT2D eigenvalue weighted by Crippen LogP contribution is 2.24. The number of pyridine rings is 1. The van der Waals surface area contributed by atoms with Gasteiger partial charge in [-0.25, -0.2) is 0 Å². The molecule has 2 heterocycles. The fraction of sp³-hybridized carbons (Fsp3) is 0.273. The van der Waals surface area contributed by atoms with E-state index >= 15 is 0 Å². The second kappa shape index (κ2) is 7.86. The molecule has 0 radical (unpaired) electrons. The van der Waals surface area contributed by atoms with Crippen molar-refractivity contribution in [3.8, 4) is 0 Å². The summed E-state index contributed by atoms with van der Waals surface area (Å²) < 4.78 is 5.95. The van der Waals surface area contributed by atoms with E-state index in [1.807, 2.05) is 24.3 Å². The first-order valence-corrected chi connectivity index (χ1v) is 9.23. The lowest BCUT2D eigenvalue weighted by Gasteiger charge is -2.33. The van der Waals surface area contributed by atoms with Crippen molar-refractivity contribution in [3.63, 3.8) is 0 Å². The minimum atomic E-state index is -0.0702. The monoisotopic (exact) mass is 361 g/mol. The predicted molar refractivity (Wildman–Crippen MR) is 106 cm³/mol. The van der Waals surface area contributed by atoms with Crippen molar-refractivity contribution in [3.05, 3.63) is 71.9 Å². The Labute approximate surface area is 159 Å². The first kappa shape index (κ1) is 17.6. The van der Waals surface area contributed by atoms with Crippen LogP contribution >= 0.6 is 0 Å². The van der Waals surface area contributed by atoms with Crippen LogP contribution in [0.3, 0.4) is 0 Å². The lowest BCUT2D eigenvalue weighted by molar-refractivity contribution is -0.114. The van der Waals surface area contributed by atoms with Crippen LogP contribution in [0.15, 0.2) is 60.7 Å². The molecule has 1 unspecified atom stereocenters. The predicted octanol–water partition coefficient (Wildman–Crippen LogP) is 3.77. The number of anilines is 1. The molecule has 1 aliphatic heterocycles. The first-order valence-electron chi connectivity index (χ1n) is 9.23. The van der Waals surface area contributed by atoms with Crippen LogP contribution in [0.2, 0.25) is 0 Å². The second-order valence-corrected chi connectivity index (χ2v) is 6.90. The molecule has 1 atom stereocenters. The van der Waals surface area contributed by atoms with E-state index in [1.54, 1.807) is 0 Å². The van der Waals surface area contributed by atoms with E-state index in [2.05, 4.69) is 46.6 Å². The number of morpholine rings is 1. The van der Waals surface area contributed by atoms with E-state index in [0.717, 1.165) is 48.5 Å². The number of carbonyl (C=O) groups excluding carboxylic acids is 1. The number of ether oxygens (including phenoxy) is 1. The van der Waals surface area contributed by atoms with Crippen LogP contribution < -0.4 is 5.32 Å². The van der Waals surface area contributed by atoms with Crippen molar-refractivity contribution in [1.29, 1.82) is 0 Å². The summed E-state index contributed by atoms with van der Waals surface area (Å²) in [4.78, 5) is 18.4. The Hall–Kier alpha value is -2.76. The number of amides is 1. The molecule has 2 aromatic carbocycles. The maximum Gasteiger partial charge on any atom is 0.221 e. The number of aromatic nitrogens is 1. The Bertz CT molecular complexity index is 943. The normalized spacial score (nSPS) is 17.7. The van der Waals surface area contributed by atoms with E-state index in [4.69, 9.17) is 9.72 Å². The molecule has 138 valence electrons. The van der Waals surface area contributed by atoms with Crippen molar-refractivity contribution >= 4 is 22.5 Å². The SMILES string of the molecule is CC(=O)Nc1ccc2nc(CN3CCOC(c4ccccc4)C3)ccc2c1. The smallest absolute Gasteiger partial charge is 0.221 e. The number of rotatable bonds is 4. The van der Waals surface area contributed by atoms with Gasteiger partial charge in [-0.15, -0.1) is 0 Å². The summed E-state index contributed by atoms with van der Waals surface area (Å²) in [6.07, 6.45) is 0.112. The summed E-state index contributed by atoms with van der Waals surface area (Å²) in [5.74, 6) is -0.0702. The summed E-state index contributed by atoms with van der Waals surface area (Å²) in [5, 5.41) is 3.83. The molecule has 0 saturated carbocycles. The van der Waals surface area contributed by atoms with Crippen LogP contribution in [0.5, 0.6) is 0 Å². The molecule has 1 amide bonds. The molecule has 4 rings (SSSR count). The summed E-state index contributed by atoms with van der Waals surface area (Å²) in [6.45, 7) is 4.82. The van der Waals surface area contributed by atoms with E-state index in [9.17, 15) is 4.79 Å². The number of fused-ring (bicyclic) bond motifs is 1. The number of nitrogens with one attached hydrogen (secondary N) is 1. The van der Waals surface area contributed by atoms with Gasteiger partial charge in [0.25, 0.3) is 0 Å². The Morgan fingerprint density at radius 3 is 2.85 bits per heavy atom. The topological polar surface area (TPSA) is 54.5 Å². The molecule has 1 N–H and O–H groups in total. The third-order valence-corrected chi connectivity index (χ3v) is 4.77. The van der Waals surface area contributed by atoms with Crippen LogP contribution in [0, 0.1) is 0 Å². The van der Waals surface area contributed by atoms with Crippen molar-refractivity contribution < 1.29 is 9.53 Å². The van der Waals surface area contributed by atoms with Crippen molar-refractivity contribution in [2.24, 2.45) is 0 Å². The van der Waals surface area contributed by atoms with Gasteiger partial charge in [0.2, 0.25) is 5.91 Å². The lowest BCUT2D eigenvalue weighted by Crippen LogP contribution is -2.38. The van der Waals surface area contributed by atoms with E-state index in [0.29, 0.717) is 0 Å². The fourth-order valence-electron chi connectivity index (χ4n) is 3.48. The van der Waals surface area contributed by atoms with Gasteiger partial charge < -0.3 is 10.1 Å². The van der Waals surface area contributed by atoms with Gasteiger partial charge >= 0.3 is 0 Å². The average Bonchev–Trinajstić information content (AvgIpc) is 2.68. The molecule has 3 aromatic rings. The summed E-state index contributed by atoms with van der Waals surface area (Å²) in [5.41, 5.74) is 4.00. The maximum absolute atomic E-state index is 11.2. The number of carbonyl (C=O) groups is 1. The summed E-state index contributed by atoms with van der Waals surface area (Å²) in [6, 6.07) is 20.3. The second-order valence-electron chi connectivity index (χ2n) is 6.90. The van der Waals surface area contributed by atoms with Gasteiger partial charge in [0.1, 0.15) is 0 Å². The number of hydrogen-bond acceptors (Lipinski definition) is 4. The van der Waals surface area contributed by atoms with Crippen molar-refractivity contribution in [2.75, 3.05) is 25.0 Å². The zero-order valence-corrected chi connectivity index (χ0v) is 15.4. The van der Waals surface area contributed by atoms with Gasteiger partial charge in [-0.05, 0) is 29.8 Å². The molecular formula is C22H23N3O2. The molecule has 1 saturated heterocycles. The zero-order chi connectivity index (χ0) is 18.6. The zero-order valence-electron chi connectivity index (χ0n) is 15.4. The number of nitrogens with zero attached hydrogens (tertiary/aromatic N) is 2. The first-order chi connectivity index (χ1) is 13.2. The van der Waals surface area contributed by atoms with E-state index in [-0.39, 0.29) is 12.0 Å². The molecule has 5 nitrogen and oxygen atoms in total. The Morgan fingerprint density at radius 1 is 1.19 bits per heavy atom. The Balaban J connectivity index is 1.47. The largest absolute Gasteiger partial charge is 0.371 e. The van der Waals surface area contributed by atoms with Crippen molar-refractivity contribution in [1.82, 2.24) is 9.88 Å². The van der Waals surface area contributed by atoms with Crippen LogP contribution in [0.25, 0.3) is 10.9 Å². The highest BCUT2D eigenvalue weighted by Gasteiger charge is 2.22. The van der Waals surface area contributed by atoms with E-state index < -0.39 is 0 Å². The molecule has 1 aliphatic rings. The quantitative estimate of drug-likeness (QED) is 0.769. The minimum Gasteiger partial charge on any atom is -0.371 e. The summed E-state index contributed by atoms with van der Waals surface area (Å²) in [7, 11) is 0. The average molecular weight is 361 g/mol. The van der Waals surface area contributed by atoms with Crippen molar-refractivity contribution in [2.45, 2.75) is 19.6 Å². The number of hydrogen-bond donors (Lipinski definition) is 1. The highest BCUT2D eigenvalue weighted by atomic mass is 16.5. The highest BCUT2D eigenvalue weighted by molar-refractivity contribution is 5.92. The summed E-state index contributed by atoms with van der Waals surface area (Å²) >= 11 is 0. The van der Waals surface area contributed by atoms with Crippen LogP contribution in [-0.4, -0.2) is 35.5 Å². The van der Waals surface area contributed by atoms with Gasteiger partial charge in [-0.2, -0.15) is 0 Å². The number of benzene rings is 2. The molecule has 0 spiro atoms. The molecule has 0 aliphatic carbocycles. The molecule has 27 heavy (non-hydrogen) atoms. The standard InChI is InChI=1S/C22H23N3O2/c1-16(26)23-19-9-10-21-18(13-19)7-8-20(24-21)14-25-11-12-27-22(15-25)17-5-3-2-4-6-17/h2-10,13,22H,11-12,14-15H2,1H3,(H,23,26). The van der Waals surface area contributed by atoms with Gasteiger partial charge in [-0.1, -0.05) is 36.4 Å². The van der Waals surface area contributed by atoms with Gasteiger partial charge in [-0.3, -0.25) is 14.7 Å².